The maximum atomic E-state index is 13.0. The van der Waals surface area contributed by atoms with Crippen molar-refractivity contribution < 1.29 is 4.39 Å². The van der Waals surface area contributed by atoms with Gasteiger partial charge in [0.2, 0.25) is 0 Å². The molecule has 0 aliphatic heterocycles. The van der Waals surface area contributed by atoms with Gasteiger partial charge in [-0.15, -0.1) is 12.4 Å². The number of hydrogen-bond acceptors (Lipinski definition) is 1. The van der Waals surface area contributed by atoms with Crippen LogP contribution >= 0.6 is 12.4 Å². The van der Waals surface area contributed by atoms with E-state index in [1.807, 2.05) is 0 Å². The topological polar surface area (TPSA) is 26.0 Å². The number of halogens is 2. The number of aryl methyl sites for hydroxylation is 1. The molecule has 2 rings (SSSR count). The Morgan fingerprint density at radius 3 is 2.77 bits per heavy atom. The van der Waals surface area contributed by atoms with Gasteiger partial charge in [0.15, 0.2) is 0 Å². The van der Waals surface area contributed by atoms with E-state index in [4.69, 9.17) is 5.73 Å². The van der Waals surface area contributed by atoms with Gasteiger partial charge in [0.05, 0.1) is 0 Å². The summed E-state index contributed by atoms with van der Waals surface area (Å²) in [5.74, 6) is -0.142. The van der Waals surface area contributed by atoms with Crippen LogP contribution in [0.25, 0.3) is 0 Å². The molecule has 0 saturated heterocycles. The van der Waals surface area contributed by atoms with Crippen molar-refractivity contribution in [3.8, 4) is 0 Å². The molecule has 0 aromatic heterocycles. The number of benzene rings is 1. The van der Waals surface area contributed by atoms with Crippen molar-refractivity contribution >= 4 is 12.4 Å². The van der Waals surface area contributed by atoms with E-state index in [0.29, 0.717) is 6.54 Å². The van der Waals surface area contributed by atoms with Crippen LogP contribution in [0.4, 0.5) is 4.39 Å². The predicted octanol–water partition coefficient (Wildman–Crippen LogP) is 2.19. The molecule has 0 fully saturated rings. The van der Waals surface area contributed by atoms with Crippen molar-refractivity contribution in [3.05, 3.63) is 34.6 Å². The summed E-state index contributed by atoms with van der Waals surface area (Å²) >= 11 is 0. The molecule has 1 aliphatic carbocycles. The smallest absolute Gasteiger partial charge is 0.123 e. The van der Waals surface area contributed by atoms with Crippen molar-refractivity contribution in [1.82, 2.24) is 0 Å². The highest BCUT2D eigenvalue weighted by atomic mass is 35.5. The van der Waals surface area contributed by atoms with Crippen LogP contribution in [0.15, 0.2) is 12.1 Å². The van der Waals surface area contributed by atoms with Crippen LogP contribution in [0, 0.1) is 5.82 Å². The predicted molar refractivity (Wildman–Crippen MR) is 53.6 cm³/mol. The van der Waals surface area contributed by atoms with E-state index in [2.05, 4.69) is 0 Å². The molecule has 0 bridgehead atoms. The van der Waals surface area contributed by atoms with Crippen LogP contribution in [-0.4, -0.2) is 0 Å². The van der Waals surface area contributed by atoms with Crippen LogP contribution in [-0.2, 0) is 19.4 Å². The van der Waals surface area contributed by atoms with Crippen molar-refractivity contribution in [2.24, 2.45) is 5.73 Å². The third-order valence-electron chi connectivity index (χ3n) is 2.49. The van der Waals surface area contributed by atoms with Crippen LogP contribution < -0.4 is 5.73 Å². The summed E-state index contributed by atoms with van der Waals surface area (Å²) in [6.45, 7) is 0.458. The molecule has 2 N–H and O–H groups in total. The molecule has 13 heavy (non-hydrogen) atoms. The van der Waals surface area contributed by atoms with Gasteiger partial charge < -0.3 is 5.73 Å². The van der Waals surface area contributed by atoms with Gasteiger partial charge in [0, 0.05) is 6.54 Å². The van der Waals surface area contributed by atoms with E-state index in [1.54, 1.807) is 12.1 Å². The number of fused-ring (bicyclic) bond motifs is 1. The highest BCUT2D eigenvalue weighted by molar-refractivity contribution is 5.85. The Kier molecular flexibility index (Phi) is 3.28. The Labute approximate surface area is 83.5 Å². The first kappa shape index (κ1) is 10.5. The summed E-state index contributed by atoms with van der Waals surface area (Å²) in [6.07, 6.45) is 3.23. The van der Waals surface area contributed by atoms with Gasteiger partial charge in [0.25, 0.3) is 0 Å². The Balaban J connectivity index is 0.000000845. The first-order chi connectivity index (χ1) is 5.81. The highest BCUT2D eigenvalue weighted by Crippen LogP contribution is 2.26. The van der Waals surface area contributed by atoms with E-state index in [0.717, 1.165) is 30.4 Å². The van der Waals surface area contributed by atoms with Gasteiger partial charge >= 0.3 is 0 Å². The van der Waals surface area contributed by atoms with Crippen LogP contribution in [0.1, 0.15) is 23.1 Å². The zero-order valence-corrected chi connectivity index (χ0v) is 8.16. The van der Waals surface area contributed by atoms with Gasteiger partial charge in [-0.05, 0) is 48.1 Å². The number of rotatable bonds is 1. The Morgan fingerprint density at radius 2 is 2.08 bits per heavy atom. The van der Waals surface area contributed by atoms with E-state index < -0.39 is 0 Å². The first-order valence-corrected chi connectivity index (χ1v) is 4.31. The summed E-state index contributed by atoms with van der Waals surface area (Å²) < 4.78 is 13.0. The highest BCUT2D eigenvalue weighted by Gasteiger charge is 2.15. The maximum Gasteiger partial charge on any atom is 0.123 e. The minimum atomic E-state index is -0.142. The maximum absolute atomic E-state index is 13.0. The summed E-state index contributed by atoms with van der Waals surface area (Å²) in [6, 6.07) is 3.20. The van der Waals surface area contributed by atoms with E-state index >= 15 is 0 Å². The second kappa shape index (κ2) is 4.07. The SMILES string of the molecule is Cl.NCc1cc(F)cc2c1CCC2. The third kappa shape index (κ3) is 1.84. The zero-order valence-electron chi connectivity index (χ0n) is 7.35. The molecule has 0 heterocycles. The van der Waals surface area contributed by atoms with Gasteiger partial charge in [0.1, 0.15) is 5.82 Å². The molecular formula is C10H13ClFN. The van der Waals surface area contributed by atoms with Crippen LogP contribution in [0.5, 0.6) is 0 Å². The average Bonchev–Trinajstić information content (AvgIpc) is 2.50. The third-order valence-corrected chi connectivity index (χ3v) is 2.49. The van der Waals surface area contributed by atoms with Gasteiger partial charge in [-0.1, -0.05) is 0 Å². The molecule has 1 nitrogen and oxygen atoms in total. The Morgan fingerprint density at radius 1 is 1.31 bits per heavy atom. The lowest BCUT2D eigenvalue weighted by atomic mass is 10.0. The van der Waals surface area contributed by atoms with Crippen LogP contribution in [0.3, 0.4) is 0 Å². The number of hydrogen-bond donors (Lipinski definition) is 1. The van der Waals surface area contributed by atoms with Crippen molar-refractivity contribution in [1.29, 1.82) is 0 Å². The molecule has 72 valence electrons. The fourth-order valence-electron chi connectivity index (χ4n) is 1.94. The normalized spacial score (nSPS) is 13.7. The minimum absolute atomic E-state index is 0. The minimum Gasteiger partial charge on any atom is -0.326 e. The van der Waals surface area contributed by atoms with Gasteiger partial charge in [-0.3, -0.25) is 0 Å². The lowest BCUT2D eigenvalue weighted by Gasteiger charge is -2.05. The molecule has 0 atom stereocenters. The lowest BCUT2D eigenvalue weighted by Crippen LogP contribution is -2.02. The molecule has 0 amide bonds. The van der Waals surface area contributed by atoms with Crippen molar-refractivity contribution in [3.63, 3.8) is 0 Å². The Hall–Kier alpha value is -0.600. The van der Waals surface area contributed by atoms with Crippen molar-refractivity contribution in [2.75, 3.05) is 0 Å². The van der Waals surface area contributed by atoms with E-state index in [9.17, 15) is 4.39 Å². The lowest BCUT2D eigenvalue weighted by molar-refractivity contribution is 0.623. The summed E-state index contributed by atoms with van der Waals surface area (Å²) in [4.78, 5) is 0. The molecule has 0 saturated carbocycles. The standard InChI is InChI=1S/C10H12FN.ClH/c11-9-4-7-2-1-3-10(7)8(5-9)6-12;/h4-5H,1-3,6,12H2;1H. The molecule has 1 aromatic rings. The largest absolute Gasteiger partial charge is 0.326 e. The molecule has 1 aromatic carbocycles. The summed E-state index contributed by atoms with van der Waals surface area (Å²) in [5.41, 5.74) is 8.97. The molecular weight excluding hydrogens is 189 g/mol. The Bertz CT molecular complexity index is 312. The molecule has 1 aliphatic rings. The molecule has 0 radical (unpaired) electrons. The monoisotopic (exact) mass is 201 g/mol. The van der Waals surface area contributed by atoms with Crippen LogP contribution in [0.2, 0.25) is 0 Å². The van der Waals surface area contributed by atoms with E-state index in [1.165, 1.54) is 5.56 Å². The van der Waals surface area contributed by atoms with E-state index in [-0.39, 0.29) is 18.2 Å². The average molecular weight is 202 g/mol. The van der Waals surface area contributed by atoms with Gasteiger partial charge in [-0.2, -0.15) is 0 Å². The summed E-state index contributed by atoms with van der Waals surface area (Å²) in [5, 5.41) is 0. The fourth-order valence-corrected chi connectivity index (χ4v) is 1.94. The second-order valence-electron chi connectivity index (χ2n) is 3.26. The van der Waals surface area contributed by atoms with Crippen molar-refractivity contribution in [2.45, 2.75) is 25.8 Å². The fraction of sp³-hybridized carbons (Fsp3) is 0.400. The molecule has 3 heteroatoms. The summed E-state index contributed by atoms with van der Waals surface area (Å²) in [7, 11) is 0. The molecule has 0 spiro atoms. The zero-order chi connectivity index (χ0) is 8.55. The second-order valence-corrected chi connectivity index (χ2v) is 3.26. The first-order valence-electron chi connectivity index (χ1n) is 4.31. The van der Waals surface area contributed by atoms with Gasteiger partial charge in [-0.25, -0.2) is 4.39 Å². The number of nitrogens with two attached hydrogens (primary N) is 1. The molecule has 0 unspecified atom stereocenters. The quantitative estimate of drug-likeness (QED) is 0.741.